The SMILES string of the molecule is CCc1cc(NC(=O)C(N=Nc2ccc(Cl)c(C(=O)Nc3cc(Cl)ccc3C(F)(F)F)c2)C(C)=O)c(CC)cc1NC(=O)C(N=Nc1ccc(Cl)c(C(=O)Nc2cc(Cl)ccc2C(F)(F)F)c1)C(C)=O. The van der Waals surface area contributed by atoms with Gasteiger partial charge in [-0.15, -0.1) is 0 Å². The van der Waals surface area contributed by atoms with Crippen molar-refractivity contribution in [3.05, 3.63) is 138 Å². The zero-order chi connectivity index (χ0) is 51.8. The topological polar surface area (TPSA) is 200 Å². The first kappa shape index (κ1) is 54.2. The minimum Gasteiger partial charge on any atom is -0.323 e. The number of halogens is 10. The Bertz CT molecular complexity index is 2770. The highest BCUT2D eigenvalue weighted by molar-refractivity contribution is 6.35. The third-order valence-electron chi connectivity index (χ3n) is 9.91. The number of rotatable bonds is 16. The number of amides is 4. The second-order valence-corrected chi connectivity index (χ2v) is 16.6. The van der Waals surface area contributed by atoms with Crippen molar-refractivity contribution in [2.45, 2.75) is 65.0 Å². The molecule has 2 unspecified atom stereocenters. The van der Waals surface area contributed by atoms with Crippen LogP contribution in [0.25, 0.3) is 0 Å². The van der Waals surface area contributed by atoms with Crippen LogP contribution in [-0.2, 0) is 44.4 Å². The summed E-state index contributed by atoms with van der Waals surface area (Å²) in [5, 5.41) is 24.7. The normalized spacial score (nSPS) is 12.7. The van der Waals surface area contributed by atoms with Crippen molar-refractivity contribution in [2.24, 2.45) is 20.5 Å². The summed E-state index contributed by atoms with van der Waals surface area (Å²) in [6.45, 7) is 5.61. The van der Waals surface area contributed by atoms with Gasteiger partial charge in [0.2, 0.25) is 12.1 Å². The first-order valence-corrected chi connectivity index (χ1v) is 21.9. The van der Waals surface area contributed by atoms with Gasteiger partial charge in [-0.05, 0) is 123 Å². The Labute approximate surface area is 414 Å². The van der Waals surface area contributed by atoms with Gasteiger partial charge in [-0.2, -0.15) is 46.8 Å². The van der Waals surface area contributed by atoms with Crippen molar-refractivity contribution in [1.29, 1.82) is 0 Å². The smallest absolute Gasteiger partial charge is 0.323 e. The molecule has 0 bridgehead atoms. The Hall–Kier alpha value is -6.74. The summed E-state index contributed by atoms with van der Waals surface area (Å²) in [4.78, 5) is 78.8. The third kappa shape index (κ3) is 13.7. The van der Waals surface area contributed by atoms with Crippen molar-refractivity contribution in [1.82, 2.24) is 0 Å². The van der Waals surface area contributed by atoms with Gasteiger partial charge in [0.25, 0.3) is 23.6 Å². The maximum Gasteiger partial charge on any atom is 0.418 e. The number of aryl methyl sites for hydroxylation is 2. The molecule has 5 aromatic carbocycles. The number of alkyl halides is 6. The zero-order valence-corrected chi connectivity index (χ0v) is 39.7. The van der Waals surface area contributed by atoms with Crippen LogP contribution < -0.4 is 21.3 Å². The zero-order valence-electron chi connectivity index (χ0n) is 36.7. The van der Waals surface area contributed by atoms with E-state index in [0.717, 1.165) is 50.2 Å². The molecular formula is C46H36Cl4F6N8O6. The molecule has 0 aliphatic rings. The standard InChI is InChI=1S/C46H36Cl4F6N8O6/c1-5-23-15-36(58-44(70)40(22(4)66)64-62-28-10-14-34(50)30(20-28)42(68)60-38-18-26(48)8-12-32(38)46(54,55)56)24(6-2)16-35(23)57-43(69)39(21(3)65)63-61-27-9-13-33(49)29(19-27)41(67)59-37-17-25(47)7-11-31(37)45(51,52)53/h7-20,39-40H,5-6H2,1-4H3,(H,57,69)(H,58,70)(H,59,67)(H,60,68). The van der Waals surface area contributed by atoms with E-state index in [9.17, 15) is 55.1 Å². The summed E-state index contributed by atoms with van der Waals surface area (Å²) in [7, 11) is 0. The van der Waals surface area contributed by atoms with Gasteiger partial charge in [0, 0.05) is 21.4 Å². The highest BCUT2D eigenvalue weighted by Gasteiger charge is 2.36. The molecule has 70 heavy (non-hydrogen) atoms. The fourth-order valence-corrected chi connectivity index (χ4v) is 7.16. The average Bonchev–Trinajstić information content (AvgIpc) is 3.26. The lowest BCUT2D eigenvalue weighted by molar-refractivity contribution is -0.137. The lowest BCUT2D eigenvalue weighted by atomic mass is 10.0. The summed E-state index contributed by atoms with van der Waals surface area (Å²) < 4.78 is 81.7. The molecule has 4 N–H and O–H groups in total. The minimum atomic E-state index is -4.83. The lowest BCUT2D eigenvalue weighted by Crippen LogP contribution is -2.33. The molecule has 0 saturated carbocycles. The van der Waals surface area contributed by atoms with Gasteiger partial charge in [-0.3, -0.25) is 28.8 Å². The number of hydrogen-bond donors (Lipinski definition) is 4. The molecule has 5 rings (SSSR count). The van der Waals surface area contributed by atoms with Gasteiger partial charge in [0.1, 0.15) is 0 Å². The molecule has 4 amide bonds. The van der Waals surface area contributed by atoms with Gasteiger partial charge < -0.3 is 21.3 Å². The van der Waals surface area contributed by atoms with Crippen LogP contribution in [0.3, 0.4) is 0 Å². The van der Waals surface area contributed by atoms with Gasteiger partial charge >= 0.3 is 12.4 Å². The van der Waals surface area contributed by atoms with Gasteiger partial charge in [0.15, 0.2) is 11.6 Å². The Morgan fingerprint density at radius 1 is 0.500 bits per heavy atom. The highest BCUT2D eigenvalue weighted by Crippen LogP contribution is 2.39. The molecule has 0 aliphatic carbocycles. The Morgan fingerprint density at radius 2 is 0.857 bits per heavy atom. The molecule has 366 valence electrons. The van der Waals surface area contributed by atoms with E-state index in [0.29, 0.717) is 23.3 Å². The predicted octanol–water partition coefficient (Wildman–Crippen LogP) is 13.3. The number of carbonyl (C=O) groups is 6. The molecule has 0 fully saturated rings. The molecule has 0 aliphatic heterocycles. The molecule has 24 heteroatoms. The van der Waals surface area contributed by atoms with E-state index in [1.807, 2.05) is 0 Å². The van der Waals surface area contributed by atoms with Gasteiger partial charge in [-0.25, -0.2) is 0 Å². The van der Waals surface area contributed by atoms with Crippen LogP contribution in [0.4, 0.5) is 60.5 Å². The molecule has 0 radical (unpaired) electrons. The van der Waals surface area contributed by atoms with E-state index >= 15 is 0 Å². The predicted molar refractivity (Wildman–Crippen MR) is 252 cm³/mol. The van der Waals surface area contributed by atoms with Crippen LogP contribution in [0.15, 0.2) is 105 Å². The molecule has 0 heterocycles. The molecular weight excluding hydrogens is 1020 g/mol. The number of Topliss-reactive ketones (excluding diaryl/α,β-unsaturated/α-hetero) is 2. The molecule has 2 atom stereocenters. The Morgan fingerprint density at radius 3 is 1.17 bits per heavy atom. The van der Waals surface area contributed by atoms with Crippen LogP contribution in [0, 0.1) is 0 Å². The lowest BCUT2D eigenvalue weighted by Gasteiger charge is -2.18. The van der Waals surface area contributed by atoms with Crippen molar-refractivity contribution in [3.8, 4) is 0 Å². The van der Waals surface area contributed by atoms with Crippen LogP contribution in [-0.4, -0.2) is 47.3 Å². The summed E-state index contributed by atoms with van der Waals surface area (Å²) >= 11 is 24.1. The number of nitrogens with one attached hydrogen (secondary N) is 4. The first-order chi connectivity index (χ1) is 32.8. The van der Waals surface area contributed by atoms with E-state index in [1.54, 1.807) is 13.8 Å². The number of hydrogen-bond acceptors (Lipinski definition) is 10. The van der Waals surface area contributed by atoms with Crippen LogP contribution >= 0.6 is 46.4 Å². The maximum absolute atomic E-state index is 13.6. The molecule has 0 aromatic heterocycles. The van der Waals surface area contributed by atoms with E-state index < -0.39 is 82.1 Å². The largest absolute Gasteiger partial charge is 0.418 e. The van der Waals surface area contributed by atoms with E-state index in [4.69, 9.17) is 46.4 Å². The fraction of sp³-hybridized carbons (Fsp3) is 0.217. The summed E-state index contributed by atoms with van der Waals surface area (Å²) in [6.07, 6.45) is -9.14. The number of azo groups is 2. The number of anilines is 4. The summed E-state index contributed by atoms with van der Waals surface area (Å²) in [5.74, 6) is -5.45. The van der Waals surface area contributed by atoms with Crippen molar-refractivity contribution >= 4 is 116 Å². The van der Waals surface area contributed by atoms with Crippen molar-refractivity contribution in [2.75, 3.05) is 21.3 Å². The first-order valence-electron chi connectivity index (χ1n) is 20.4. The molecule has 5 aromatic rings. The fourth-order valence-electron chi connectivity index (χ4n) is 6.41. The second kappa shape index (κ2) is 22.8. The summed E-state index contributed by atoms with van der Waals surface area (Å²) in [6, 6.07) is 12.0. The van der Waals surface area contributed by atoms with Crippen molar-refractivity contribution < 1.29 is 55.1 Å². The van der Waals surface area contributed by atoms with Gasteiger partial charge in [-0.1, -0.05) is 60.3 Å². The van der Waals surface area contributed by atoms with Crippen LogP contribution in [0.5, 0.6) is 0 Å². The monoisotopic (exact) mass is 1050 g/mol. The second-order valence-electron chi connectivity index (χ2n) is 14.9. The van der Waals surface area contributed by atoms with E-state index in [-0.39, 0.29) is 66.8 Å². The molecule has 0 saturated heterocycles. The quantitative estimate of drug-likeness (QED) is 0.0430. The Kier molecular flexibility index (Phi) is 17.6. The third-order valence-corrected chi connectivity index (χ3v) is 11.0. The number of carbonyl (C=O) groups excluding carboxylic acids is 6. The highest BCUT2D eigenvalue weighted by atomic mass is 35.5. The maximum atomic E-state index is 13.6. The minimum absolute atomic E-state index is 0.0836. The number of nitrogens with zero attached hydrogens (tertiary/aromatic N) is 4. The van der Waals surface area contributed by atoms with Crippen LogP contribution in [0.2, 0.25) is 20.1 Å². The Balaban J connectivity index is 1.32. The van der Waals surface area contributed by atoms with E-state index in [2.05, 4.69) is 41.7 Å². The van der Waals surface area contributed by atoms with E-state index in [1.165, 1.54) is 36.4 Å². The average molecular weight is 1050 g/mol. The summed E-state index contributed by atoms with van der Waals surface area (Å²) in [5.41, 5.74) is -3.07. The molecule has 14 nitrogen and oxygen atoms in total. The molecule has 0 spiro atoms. The number of benzene rings is 5. The number of ketones is 2. The van der Waals surface area contributed by atoms with Gasteiger partial charge in [0.05, 0.1) is 55.0 Å². The van der Waals surface area contributed by atoms with Crippen molar-refractivity contribution in [3.63, 3.8) is 0 Å². The van der Waals surface area contributed by atoms with Crippen LogP contribution in [0.1, 0.15) is 70.7 Å².